The van der Waals surface area contributed by atoms with Gasteiger partial charge in [-0.2, -0.15) is 0 Å². The zero-order chi connectivity index (χ0) is 29.9. The number of benzene rings is 3. The van der Waals surface area contributed by atoms with Gasteiger partial charge < -0.3 is 20.1 Å². The Morgan fingerprint density at radius 3 is 2.67 bits per heavy atom. The first-order valence-electron chi connectivity index (χ1n) is 12.9. The molecule has 2 N–H and O–H groups in total. The summed E-state index contributed by atoms with van der Waals surface area (Å²) in [7, 11) is -5.79. The summed E-state index contributed by atoms with van der Waals surface area (Å²) in [6, 6.07) is 14.5. The number of anilines is 3. The Bertz CT molecular complexity index is 1790. The van der Waals surface area contributed by atoms with Crippen molar-refractivity contribution in [3.8, 4) is 11.5 Å². The van der Waals surface area contributed by atoms with Crippen molar-refractivity contribution in [3.63, 3.8) is 0 Å². The summed E-state index contributed by atoms with van der Waals surface area (Å²) in [5, 5.41) is 6.08. The zero-order valence-electron chi connectivity index (χ0n) is 22.3. The number of fused-ring (bicyclic) bond motifs is 1. The third-order valence-electron chi connectivity index (χ3n) is 6.41. The van der Waals surface area contributed by atoms with Crippen LogP contribution < -0.4 is 20.1 Å². The Balaban J connectivity index is 1.35. The predicted octanol–water partition coefficient (Wildman–Crippen LogP) is 5.32. The fourth-order valence-electron chi connectivity index (χ4n) is 4.42. The standard InChI is InChI=1S/C28H26ClFN4O6S2/c1-2-39-26-14-23-21(13-24(26)34-27(35)12-20-8-9-42(37,38)41(20)36)28(32-16-31-23)33-19-6-7-25(22(29)11-19)40-15-17-4-3-5-18(30)10-17/h3-7,10-11,13-14,16,20H,2,8-9,12,15H2,1H3,(H,34,35)(H,31,32,33). The van der Waals surface area contributed by atoms with Gasteiger partial charge in [0.15, 0.2) is 0 Å². The van der Waals surface area contributed by atoms with Gasteiger partial charge in [-0.15, -0.1) is 0 Å². The largest absolute Gasteiger partial charge is 0.492 e. The smallest absolute Gasteiger partial charge is 0.229 e. The second-order valence-corrected chi connectivity index (χ2v) is 15.0. The van der Waals surface area contributed by atoms with Gasteiger partial charge in [0.2, 0.25) is 14.8 Å². The quantitative estimate of drug-likeness (QED) is 0.223. The molecule has 0 spiro atoms. The normalized spacial score (nSPS) is 17.6. The van der Waals surface area contributed by atoms with Crippen molar-refractivity contribution in [2.75, 3.05) is 23.0 Å². The number of ether oxygens (including phenoxy) is 2. The van der Waals surface area contributed by atoms with Gasteiger partial charge in [0, 0.05) is 23.6 Å². The lowest BCUT2D eigenvalue weighted by atomic mass is 10.1. The van der Waals surface area contributed by atoms with Crippen LogP contribution in [0.2, 0.25) is 5.02 Å². The predicted molar refractivity (Wildman–Crippen MR) is 160 cm³/mol. The second kappa shape index (κ2) is 12.6. The van der Waals surface area contributed by atoms with Gasteiger partial charge in [0.05, 0.1) is 33.8 Å². The first kappa shape index (κ1) is 29.7. The molecule has 2 unspecified atom stereocenters. The highest BCUT2D eigenvalue weighted by Gasteiger charge is 2.38. The lowest BCUT2D eigenvalue weighted by molar-refractivity contribution is -0.116. The lowest BCUT2D eigenvalue weighted by Gasteiger charge is -2.16. The molecule has 3 aromatic carbocycles. The molecule has 0 saturated carbocycles. The molecule has 1 amide bonds. The number of carbonyl (C=O) groups is 1. The third kappa shape index (κ3) is 6.80. The van der Waals surface area contributed by atoms with E-state index in [1.807, 2.05) is 0 Å². The summed E-state index contributed by atoms with van der Waals surface area (Å²) in [6.07, 6.45) is 1.34. The maximum absolute atomic E-state index is 13.5. The van der Waals surface area contributed by atoms with Gasteiger partial charge in [-0.1, -0.05) is 23.7 Å². The van der Waals surface area contributed by atoms with Crippen LogP contribution in [0.5, 0.6) is 11.5 Å². The molecule has 1 fully saturated rings. The highest BCUT2D eigenvalue weighted by molar-refractivity contribution is 8.64. The van der Waals surface area contributed by atoms with Crippen molar-refractivity contribution in [2.45, 2.75) is 31.6 Å². The average Bonchev–Trinajstić information content (AvgIpc) is 3.20. The minimum atomic E-state index is -3.69. The number of nitrogens with one attached hydrogen (secondary N) is 2. The Labute approximate surface area is 248 Å². The number of halogens is 2. The van der Waals surface area contributed by atoms with E-state index < -0.39 is 29.9 Å². The van der Waals surface area contributed by atoms with E-state index in [0.717, 1.165) is 0 Å². The first-order valence-corrected chi connectivity index (χ1v) is 16.7. The van der Waals surface area contributed by atoms with Crippen LogP contribution in [0.4, 0.5) is 21.6 Å². The molecule has 1 aromatic heterocycles. The number of rotatable bonds is 10. The molecule has 0 bridgehead atoms. The number of hydrogen-bond acceptors (Lipinski definition) is 9. The van der Waals surface area contributed by atoms with Crippen LogP contribution in [0.1, 0.15) is 25.3 Å². The van der Waals surface area contributed by atoms with Crippen molar-refractivity contribution in [3.05, 3.63) is 77.3 Å². The van der Waals surface area contributed by atoms with Crippen molar-refractivity contribution in [1.29, 1.82) is 0 Å². The first-order chi connectivity index (χ1) is 20.1. The molecule has 1 aliphatic heterocycles. The number of hydrogen-bond donors (Lipinski definition) is 2. The maximum Gasteiger partial charge on any atom is 0.229 e. The SMILES string of the molecule is CCOc1cc2ncnc(Nc3ccc(OCc4cccc(F)c4)c(Cl)c3)c2cc1NC(=O)CC1CCS(=O)(=O)S1=O. The van der Waals surface area contributed by atoms with Crippen LogP contribution in [0, 0.1) is 5.82 Å². The molecule has 220 valence electrons. The molecule has 5 rings (SSSR count). The van der Waals surface area contributed by atoms with E-state index in [0.29, 0.717) is 56.8 Å². The molecule has 1 saturated heterocycles. The molecular formula is C28H26ClFN4O6S2. The Morgan fingerprint density at radius 2 is 1.95 bits per heavy atom. The number of carbonyl (C=O) groups excluding carboxylic acids is 1. The van der Waals surface area contributed by atoms with Crippen molar-refractivity contribution < 1.29 is 31.3 Å². The molecule has 4 aromatic rings. The van der Waals surface area contributed by atoms with Crippen molar-refractivity contribution >= 4 is 64.3 Å². The van der Waals surface area contributed by atoms with Gasteiger partial charge in [-0.25, -0.2) is 27.0 Å². The van der Waals surface area contributed by atoms with Gasteiger partial charge >= 0.3 is 0 Å². The van der Waals surface area contributed by atoms with Gasteiger partial charge in [-0.05, 0) is 55.3 Å². The summed E-state index contributed by atoms with van der Waals surface area (Å²) >= 11 is 6.45. The molecule has 14 heteroatoms. The number of amides is 1. The van der Waals surface area contributed by atoms with E-state index in [2.05, 4.69) is 20.6 Å². The summed E-state index contributed by atoms with van der Waals surface area (Å²) in [5.74, 6) is 0.167. The van der Waals surface area contributed by atoms with Crippen LogP contribution in [0.25, 0.3) is 10.9 Å². The highest BCUT2D eigenvalue weighted by Crippen LogP contribution is 2.35. The lowest BCUT2D eigenvalue weighted by Crippen LogP contribution is -2.22. The number of aromatic nitrogens is 2. The molecule has 0 radical (unpaired) electrons. The fourth-order valence-corrected chi connectivity index (χ4v) is 9.07. The second-order valence-electron chi connectivity index (χ2n) is 9.39. The number of nitrogens with zero attached hydrogens (tertiary/aromatic N) is 2. The Morgan fingerprint density at radius 1 is 1.12 bits per heavy atom. The summed E-state index contributed by atoms with van der Waals surface area (Å²) in [6.45, 7) is 2.26. The summed E-state index contributed by atoms with van der Waals surface area (Å²) < 4.78 is 60.8. The maximum atomic E-state index is 13.5. The van der Waals surface area contributed by atoms with Crippen LogP contribution in [0.3, 0.4) is 0 Å². The van der Waals surface area contributed by atoms with Crippen LogP contribution in [0.15, 0.2) is 60.9 Å². The monoisotopic (exact) mass is 632 g/mol. The minimum absolute atomic E-state index is 0.143. The van der Waals surface area contributed by atoms with E-state index in [1.54, 1.807) is 49.4 Å². The summed E-state index contributed by atoms with van der Waals surface area (Å²) in [4.78, 5) is 21.5. The molecule has 2 heterocycles. The van der Waals surface area contributed by atoms with Gasteiger partial charge in [-0.3, -0.25) is 4.79 Å². The van der Waals surface area contributed by atoms with Crippen molar-refractivity contribution in [2.24, 2.45) is 0 Å². The van der Waals surface area contributed by atoms with E-state index in [1.165, 1.54) is 18.5 Å². The van der Waals surface area contributed by atoms with E-state index in [4.69, 9.17) is 21.1 Å². The highest BCUT2D eigenvalue weighted by atomic mass is 35.5. The van der Waals surface area contributed by atoms with Crippen LogP contribution in [-0.2, 0) is 30.1 Å². The van der Waals surface area contributed by atoms with Gasteiger partial charge in [0.25, 0.3) is 0 Å². The van der Waals surface area contributed by atoms with Crippen LogP contribution >= 0.6 is 11.6 Å². The van der Waals surface area contributed by atoms with Crippen LogP contribution in [-0.4, -0.2) is 46.1 Å². The Kier molecular flexibility index (Phi) is 8.90. The Hall–Kier alpha value is -3.81. The van der Waals surface area contributed by atoms with E-state index in [9.17, 15) is 21.8 Å². The molecular weight excluding hydrogens is 607 g/mol. The van der Waals surface area contributed by atoms with Gasteiger partial charge in [0.1, 0.15) is 45.9 Å². The van der Waals surface area contributed by atoms with E-state index in [-0.39, 0.29) is 31.0 Å². The zero-order valence-corrected chi connectivity index (χ0v) is 24.7. The fraction of sp³-hybridized carbons (Fsp3) is 0.250. The third-order valence-corrected chi connectivity index (χ3v) is 11.7. The molecule has 10 nitrogen and oxygen atoms in total. The van der Waals surface area contributed by atoms with E-state index >= 15 is 0 Å². The molecule has 2 atom stereocenters. The minimum Gasteiger partial charge on any atom is -0.492 e. The van der Waals surface area contributed by atoms with Crippen molar-refractivity contribution in [1.82, 2.24) is 9.97 Å². The summed E-state index contributed by atoms with van der Waals surface area (Å²) in [5.41, 5.74) is 2.13. The average molecular weight is 633 g/mol. The molecule has 1 aliphatic rings. The topological polar surface area (TPSA) is 137 Å². The molecule has 0 aliphatic carbocycles. The molecule has 42 heavy (non-hydrogen) atoms.